The highest BCUT2D eigenvalue weighted by atomic mass is 79.9. The van der Waals surface area contributed by atoms with E-state index in [1.54, 1.807) is 17.5 Å². The van der Waals surface area contributed by atoms with Gasteiger partial charge >= 0.3 is 0 Å². The van der Waals surface area contributed by atoms with Gasteiger partial charge in [0.1, 0.15) is 0 Å². The molecule has 0 unspecified atom stereocenters. The summed E-state index contributed by atoms with van der Waals surface area (Å²) in [6.45, 7) is 3.91. The van der Waals surface area contributed by atoms with Gasteiger partial charge in [0.05, 0.1) is 5.75 Å². The summed E-state index contributed by atoms with van der Waals surface area (Å²) in [7, 11) is 0. The summed E-state index contributed by atoms with van der Waals surface area (Å²) in [4.78, 5) is 17.1. The van der Waals surface area contributed by atoms with Crippen LogP contribution in [0.15, 0.2) is 56.0 Å². The molecule has 0 fully saturated rings. The highest BCUT2D eigenvalue weighted by molar-refractivity contribution is 9.10. The van der Waals surface area contributed by atoms with Gasteiger partial charge in [0.25, 0.3) is 5.22 Å². The zero-order valence-corrected chi connectivity index (χ0v) is 18.3. The van der Waals surface area contributed by atoms with Crippen LogP contribution < -0.4 is 0 Å². The average molecular weight is 475 g/mol. The number of nitrogens with zero attached hydrogens (tertiary/aromatic N) is 4. The van der Waals surface area contributed by atoms with Crippen LogP contribution in [0.3, 0.4) is 0 Å². The van der Waals surface area contributed by atoms with E-state index in [4.69, 9.17) is 4.42 Å². The second kappa shape index (κ2) is 8.02. The predicted molar refractivity (Wildman–Crippen MR) is 113 cm³/mol. The molecule has 0 atom stereocenters. The standard InChI is InChI=1S/C19H15BrN4O2S2/c1-11-9-15(12(2)24(11)18-21-7-8-27-18)16(25)10-28-19-23-22-17(26-19)13-3-5-14(20)6-4-13/h3-9H,10H2,1-2H3. The van der Waals surface area contributed by atoms with Crippen LogP contribution >= 0.6 is 39.0 Å². The molecule has 0 aliphatic carbocycles. The first-order valence-electron chi connectivity index (χ1n) is 8.37. The van der Waals surface area contributed by atoms with Crippen LogP contribution in [0.1, 0.15) is 21.7 Å². The molecule has 4 aromatic rings. The van der Waals surface area contributed by atoms with Crippen molar-refractivity contribution < 1.29 is 9.21 Å². The minimum Gasteiger partial charge on any atom is -0.411 e. The monoisotopic (exact) mass is 474 g/mol. The number of hydrogen-bond acceptors (Lipinski definition) is 7. The van der Waals surface area contributed by atoms with E-state index in [0.29, 0.717) is 16.7 Å². The van der Waals surface area contributed by atoms with E-state index in [1.807, 2.05) is 54.1 Å². The third kappa shape index (κ3) is 3.82. The molecule has 6 nitrogen and oxygen atoms in total. The van der Waals surface area contributed by atoms with Gasteiger partial charge in [0.2, 0.25) is 5.89 Å². The van der Waals surface area contributed by atoms with Crippen molar-refractivity contribution in [2.24, 2.45) is 0 Å². The zero-order chi connectivity index (χ0) is 19.7. The maximum absolute atomic E-state index is 12.7. The number of rotatable bonds is 6. The Hall–Kier alpha value is -2.23. The topological polar surface area (TPSA) is 73.8 Å². The minimum absolute atomic E-state index is 0.0179. The normalized spacial score (nSPS) is 11.1. The number of hydrogen-bond donors (Lipinski definition) is 0. The molecule has 142 valence electrons. The SMILES string of the molecule is Cc1cc(C(=O)CSc2nnc(-c3ccc(Br)cc3)o2)c(C)n1-c1nccs1. The molecular weight excluding hydrogens is 460 g/mol. The van der Waals surface area contributed by atoms with Crippen LogP contribution in [0.25, 0.3) is 16.6 Å². The van der Waals surface area contributed by atoms with Crippen LogP contribution in [-0.4, -0.2) is 31.3 Å². The Morgan fingerprint density at radius 3 is 2.75 bits per heavy atom. The molecule has 0 amide bonds. The molecule has 3 heterocycles. The Bertz CT molecular complexity index is 1120. The number of halogens is 1. The van der Waals surface area contributed by atoms with E-state index in [2.05, 4.69) is 31.1 Å². The summed E-state index contributed by atoms with van der Waals surface area (Å²) in [5.74, 6) is 0.679. The molecule has 0 aliphatic rings. The van der Waals surface area contributed by atoms with Crippen molar-refractivity contribution in [3.05, 3.63) is 63.3 Å². The average Bonchev–Trinajstić information content (AvgIpc) is 3.41. The molecule has 0 radical (unpaired) electrons. The molecular formula is C19H15BrN4O2S2. The van der Waals surface area contributed by atoms with Gasteiger partial charge in [-0.3, -0.25) is 9.36 Å². The van der Waals surface area contributed by atoms with Crippen LogP contribution in [0.2, 0.25) is 0 Å². The second-order valence-corrected chi connectivity index (χ2v) is 8.74. The van der Waals surface area contributed by atoms with Crippen LogP contribution in [0.5, 0.6) is 0 Å². The first kappa shape index (κ1) is 19.1. The fraction of sp³-hybridized carbons (Fsp3) is 0.158. The van der Waals surface area contributed by atoms with Crippen molar-refractivity contribution in [1.82, 2.24) is 19.7 Å². The second-order valence-electron chi connectivity index (χ2n) is 6.03. The Morgan fingerprint density at radius 2 is 2.04 bits per heavy atom. The number of thioether (sulfide) groups is 1. The molecule has 0 bridgehead atoms. The third-order valence-corrected chi connectivity index (χ3v) is 6.27. The number of benzene rings is 1. The van der Waals surface area contributed by atoms with E-state index >= 15 is 0 Å². The largest absolute Gasteiger partial charge is 0.411 e. The summed E-state index contributed by atoms with van der Waals surface area (Å²) < 4.78 is 8.65. The fourth-order valence-electron chi connectivity index (χ4n) is 2.85. The molecule has 0 N–H and O–H groups in total. The van der Waals surface area contributed by atoms with Gasteiger partial charge in [0.15, 0.2) is 10.9 Å². The van der Waals surface area contributed by atoms with E-state index in [0.717, 1.165) is 26.6 Å². The first-order chi connectivity index (χ1) is 13.5. The lowest BCUT2D eigenvalue weighted by Gasteiger charge is -2.05. The van der Waals surface area contributed by atoms with E-state index in [9.17, 15) is 4.79 Å². The van der Waals surface area contributed by atoms with Crippen molar-refractivity contribution in [1.29, 1.82) is 0 Å². The Kier molecular flexibility index (Phi) is 5.47. The molecule has 0 saturated heterocycles. The van der Waals surface area contributed by atoms with Gasteiger partial charge in [-0.1, -0.05) is 27.7 Å². The summed E-state index contributed by atoms with van der Waals surface area (Å²) in [5.41, 5.74) is 3.39. The number of Topliss-reactive ketones (excluding diaryl/α,β-unsaturated/α-hetero) is 1. The van der Waals surface area contributed by atoms with Gasteiger partial charge in [-0.2, -0.15) is 0 Å². The van der Waals surface area contributed by atoms with Crippen molar-refractivity contribution >= 4 is 44.8 Å². The summed E-state index contributed by atoms with van der Waals surface area (Å²) in [5, 5.41) is 11.3. The molecule has 4 rings (SSSR count). The number of aryl methyl sites for hydroxylation is 1. The van der Waals surface area contributed by atoms with Crippen molar-refractivity contribution in [3.8, 4) is 16.6 Å². The first-order valence-corrected chi connectivity index (χ1v) is 11.0. The summed E-state index contributed by atoms with van der Waals surface area (Å²) in [6, 6.07) is 9.51. The maximum Gasteiger partial charge on any atom is 0.277 e. The van der Waals surface area contributed by atoms with E-state index in [-0.39, 0.29) is 11.5 Å². The molecule has 0 spiro atoms. The van der Waals surface area contributed by atoms with Crippen LogP contribution in [0, 0.1) is 13.8 Å². The molecule has 1 aromatic carbocycles. The van der Waals surface area contributed by atoms with Gasteiger partial charge in [-0.05, 0) is 44.2 Å². The smallest absolute Gasteiger partial charge is 0.277 e. The maximum atomic E-state index is 12.7. The number of carbonyl (C=O) groups excluding carboxylic acids is 1. The lowest BCUT2D eigenvalue weighted by Crippen LogP contribution is -2.05. The van der Waals surface area contributed by atoms with E-state index in [1.165, 1.54) is 11.8 Å². The van der Waals surface area contributed by atoms with Crippen molar-refractivity contribution in [3.63, 3.8) is 0 Å². The number of carbonyl (C=O) groups is 1. The predicted octanol–water partition coefficient (Wildman–Crippen LogP) is 5.34. The van der Waals surface area contributed by atoms with E-state index < -0.39 is 0 Å². The molecule has 3 aromatic heterocycles. The van der Waals surface area contributed by atoms with Crippen LogP contribution in [0.4, 0.5) is 0 Å². The Labute approximate surface area is 178 Å². The molecule has 28 heavy (non-hydrogen) atoms. The lowest BCUT2D eigenvalue weighted by atomic mass is 10.2. The fourth-order valence-corrected chi connectivity index (χ4v) is 4.51. The minimum atomic E-state index is 0.0179. The quantitative estimate of drug-likeness (QED) is 0.277. The highest BCUT2D eigenvalue weighted by Gasteiger charge is 2.19. The third-order valence-electron chi connectivity index (χ3n) is 4.17. The zero-order valence-electron chi connectivity index (χ0n) is 15.0. The number of aromatic nitrogens is 4. The lowest BCUT2D eigenvalue weighted by molar-refractivity contribution is 0.102. The van der Waals surface area contributed by atoms with Gasteiger partial charge in [0, 0.05) is 38.6 Å². The van der Waals surface area contributed by atoms with Gasteiger partial charge < -0.3 is 4.42 Å². The van der Waals surface area contributed by atoms with Crippen molar-refractivity contribution in [2.75, 3.05) is 5.75 Å². The number of thiazole rings is 1. The number of ketones is 1. The molecule has 9 heteroatoms. The Balaban J connectivity index is 1.47. The highest BCUT2D eigenvalue weighted by Crippen LogP contribution is 2.27. The summed E-state index contributed by atoms with van der Waals surface area (Å²) in [6.07, 6.45) is 1.76. The van der Waals surface area contributed by atoms with Crippen molar-refractivity contribution in [2.45, 2.75) is 19.1 Å². The Morgan fingerprint density at radius 1 is 1.25 bits per heavy atom. The van der Waals surface area contributed by atoms with Gasteiger partial charge in [-0.25, -0.2) is 4.98 Å². The molecule has 0 saturated carbocycles. The molecule has 0 aliphatic heterocycles. The van der Waals surface area contributed by atoms with Crippen LogP contribution in [-0.2, 0) is 0 Å². The summed E-state index contributed by atoms with van der Waals surface area (Å²) >= 11 is 6.18. The van der Waals surface area contributed by atoms with Gasteiger partial charge in [-0.15, -0.1) is 21.5 Å².